The lowest BCUT2D eigenvalue weighted by Crippen LogP contribution is -2.32. The van der Waals surface area contributed by atoms with Crippen molar-refractivity contribution in [3.63, 3.8) is 0 Å². The smallest absolute Gasteiger partial charge is 0.261 e. The summed E-state index contributed by atoms with van der Waals surface area (Å²) in [6, 6.07) is 12.1. The van der Waals surface area contributed by atoms with E-state index in [1.165, 1.54) is 6.07 Å². The first-order valence-electron chi connectivity index (χ1n) is 6.56. The SMILES string of the molecule is O=C1COc2ccc(Br)cc2CN1Cc1ccccc1F. The molecule has 0 saturated heterocycles. The van der Waals surface area contributed by atoms with Crippen LogP contribution in [-0.2, 0) is 17.9 Å². The number of hydrogen-bond donors (Lipinski definition) is 0. The van der Waals surface area contributed by atoms with Gasteiger partial charge in [-0.15, -0.1) is 0 Å². The fourth-order valence-electron chi connectivity index (χ4n) is 2.31. The molecule has 2 aromatic rings. The highest BCUT2D eigenvalue weighted by atomic mass is 79.9. The molecule has 0 unspecified atom stereocenters. The number of fused-ring (bicyclic) bond motifs is 1. The van der Waals surface area contributed by atoms with E-state index in [-0.39, 0.29) is 24.9 Å². The molecule has 0 saturated carbocycles. The van der Waals surface area contributed by atoms with Crippen molar-refractivity contribution in [1.29, 1.82) is 0 Å². The maximum atomic E-state index is 13.8. The Kier molecular flexibility index (Phi) is 3.92. The summed E-state index contributed by atoms with van der Waals surface area (Å²) in [6.07, 6.45) is 0. The molecular weight excluding hydrogens is 337 g/mol. The van der Waals surface area contributed by atoms with Crippen molar-refractivity contribution in [2.45, 2.75) is 13.1 Å². The zero-order valence-electron chi connectivity index (χ0n) is 11.2. The average molecular weight is 350 g/mol. The van der Waals surface area contributed by atoms with Crippen LogP contribution >= 0.6 is 15.9 Å². The average Bonchev–Trinajstić information content (AvgIpc) is 2.61. The molecule has 3 nitrogen and oxygen atoms in total. The Hall–Kier alpha value is -1.88. The Labute approximate surface area is 130 Å². The summed E-state index contributed by atoms with van der Waals surface area (Å²) in [4.78, 5) is 13.8. The van der Waals surface area contributed by atoms with Crippen LogP contribution in [0.2, 0.25) is 0 Å². The number of ether oxygens (including phenoxy) is 1. The second kappa shape index (κ2) is 5.85. The molecule has 1 amide bonds. The Balaban J connectivity index is 1.88. The van der Waals surface area contributed by atoms with E-state index in [0.717, 1.165) is 10.0 Å². The van der Waals surface area contributed by atoms with Crippen LogP contribution in [0.4, 0.5) is 4.39 Å². The van der Waals surface area contributed by atoms with Gasteiger partial charge in [0, 0.05) is 28.7 Å². The Morgan fingerprint density at radius 3 is 2.86 bits per heavy atom. The molecule has 0 aromatic heterocycles. The highest BCUT2D eigenvalue weighted by molar-refractivity contribution is 9.10. The minimum Gasteiger partial charge on any atom is -0.483 e. The normalized spacial score (nSPS) is 14.4. The van der Waals surface area contributed by atoms with Crippen LogP contribution in [0.25, 0.3) is 0 Å². The van der Waals surface area contributed by atoms with Crippen molar-refractivity contribution in [2.75, 3.05) is 6.61 Å². The van der Waals surface area contributed by atoms with E-state index in [0.29, 0.717) is 17.9 Å². The van der Waals surface area contributed by atoms with E-state index < -0.39 is 0 Å². The van der Waals surface area contributed by atoms with Crippen molar-refractivity contribution in [1.82, 2.24) is 4.90 Å². The third-order valence-electron chi connectivity index (χ3n) is 3.41. The summed E-state index contributed by atoms with van der Waals surface area (Å²) in [6.45, 7) is 0.617. The van der Waals surface area contributed by atoms with Crippen molar-refractivity contribution >= 4 is 21.8 Å². The number of hydrogen-bond acceptors (Lipinski definition) is 2. The van der Waals surface area contributed by atoms with E-state index in [2.05, 4.69) is 15.9 Å². The second-order valence-corrected chi connectivity index (χ2v) is 5.80. The predicted octanol–water partition coefficient (Wildman–Crippen LogP) is 3.51. The van der Waals surface area contributed by atoms with Crippen LogP contribution in [0.15, 0.2) is 46.9 Å². The van der Waals surface area contributed by atoms with E-state index in [1.54, 1.807) is 23.1 Å². The molecule has 0 bridgehead atoms. The Morgan fingerprint density at radius 1 is 1.24 bits per heavy atom. The lowest BCUT2D eigenvalue weighted by molar-refractivity contribution is -0.133. The molecule has 108 valence electrons. The summed E-state index contributed by atoms with van der Waals surface area (Å²) in [5.74, 6) is 0.248. The van der Waals surface area contributed by atoms with Gasteiger partial charge in [-0.25, -0.2) is 4.39 Å². The number of amides is 1. The highest BCUT2D eigenvalue weighted by Gasteiger charge is 2.22. The van der Waals surface area contributed by atoms with E-state index in [9.17, 15) is 9.18 Å². The van der Waals surface area contributed by atoms with E-state index >= 15 is 0 Å². The largest absolute Gasteiger partial charge is 0.483 e. The van der Waals surface area contributed by atoms with E-state index in [1.807, 2.05) is 18.2 Å². The van der Waals surface area contributed by atoms with Crippen LogP contribution in [0, 0.1) is 5.82 Å². The fraction of sp³-hybridized carbons (Fsp3) is 0.188. The molecule has 3 rings (SSSR count). The summed E-state index contributed by atoms with van der Waals surface area (Å²) >= 11 is 3.41. The fourth-order valence-corrected chi connectivity index (χ4v) is 2.72. The molecule has 1 heterocycles. The molecule has 0 aliphatic carbocycles. The number of benzene rings is 2. The second-order valence-electron chi connectivity index (χ2n) is 4.88. The van der Waals surface area contributed by atoms with Crippen LogP contribution in [-0.4, -0.2) is 17.4 Å². The highest BCUT2D eigenvalue weighted by Crippen LogP contribution is 2.27. The lowest BCUT2D eigenvalue weighted by Gasteiger charge is -2.20. The molecule has 0 radical (unpaired) electrons. The monoisotopic (exact) mass is 349 g/mol. The van der Waals surface area contributed by atoms with Gasteiger partial charge in [0.1, 0.15) is 11.6 Å². The van der Waals surface area contributed by atoms with Crippen molar-refractivity contribution in [2.24, 2.45) is 0 Å². The third kappa shape index (κ3) is 3.08. The number of carbonyl (C=O) groups excluding carboxylic acids is 1. The summed E-state index contributed by atoms with van der Waals surface area (Å²) < 4.78 is 20.2. The standard InChI is InChI=1S/C16H13BrFNO2/c17-13-5-6-15-12(7-13)9-19(16(20)10-21-15)8-11-3-1-2-4-14(11)18/h1-7H,8-10H2. The summed E-state index contributed by atoms with van der Waals surface area (Å²) in [5.41, 5.74) is 1.41. The molecule has 21 heavy (non-hydrogen) atoms. The van der Waals surface area contributed by atoms with Crippen LogP contribution in [0.3, 0.4) is 0 Å². The van der Waals surface area contributed by atoms with Gasteiger partial charge >= 0.3 is 0 Å². The first-order valence-corrected chi connectivity index (χ1v) is 7.35. The molecule has 0 spiro atoms. The Bertz CT molecular complexity index is 690. The first-order chi connectivity index (χ1) is 10.1. The third-order valence-corrected chi connectivity index (χ3v) is 3.90. The van der Waals surface area contributed by atoms with Gasteiger partial charge in [0.25, 0.3) is 5.91 Å². The maximum Gasteiger partial charge on any atom is 0.261 e. The lowest BCUT2D eigenvalue weighted by atomic mass is 10.1. The predicted molar refractivity (Wildman–Crippen MR) is 80.3 cm³/mol. The molecule has 0 atom stereocenters. The van der Waals surface area contributed by atoms with Gasteiger partial charge in [-0.3, -0.25) is 4.79 Å². The van der Waals surface area contributed by atoms with Crippen molar-refractivity contribution < 1.29 is 13.9 Å². The number of carbonyl (C=O) groups is 1. The van der Waals surface area contributed by atoms with Gasteiger partial charge in [-0.05, 0) is 24.3 Å². The molecule has 0 fully saturated rings. The molecule has 5 heteroatoms. The Morgan fingerprint density at radius 2 is 2.05 bits per heavy atom. The first kappa shape index (κ1) is 14.1. The van der Waals surface area contributed by atoms with Gasteiger partial charge in [0.15, 0.2) is 6.61 Å². The summed E-state index contributed by atoms with van der Waals surface area (Å²) in [5, 5.41) is 0. The molecule has 1 aliphatic heterocycles. The molecule has 2 aromatic carbocycles. The minimum atomic E-state index is -0.301. The van der Waals surface area contributed by atoms with Crippen LogP contribution in [0.1, 0.15) is 11.1 Å². The van der Waals surface area contributed by atoms with Gasteiger partial charge < -0.3 is 9.64 Å². The number of halogens is 2. The van der Waals surface area contributed by atoms with Crippen LogP contribution < -0.4 is 4.74 Å². The van der Waals surface area contributed by atoms with Crippen LogP contribution in [0.5, 0.6) is 5.75 Å². The van der Waals surface area contributed by atoms with Gasteiger partial charge in [0.2, 0.25) is 0 Å². The molecule has 1 aliphatic rings. The maximum absolute atomic E-state index is 13.8. The number of nitrogens with zero attached hydrogens (tertiary/aromatic N) is 1. The zero-order chi connectivity index (χ0) is 14.8. The summed E-state index contributed by atoms with van der Waals surface area (Å²) in [7, 11) is 0. The molecular formula is C16H13BrFNO2. The zero-order valence-corrected chi connectivity index (χ0v) is 12.8. The van der Waals surface area contributed by atoms with Gasteiger partial charge in [0.05, 0.1) is 0 Å². The van der Waals surface area contributed by atoms with E-state index in [4.69, 9.17) is 4.74 Å². The van der Waals surface area contributed by atoms with Gasteiger partial charge in [-0.2, -0.15) is 0 Å². The van der Waals surface area contributed by atoms with Gasteiger partial charge in [-0.1, -0.05) is 34.1 Å². The molecule has 0 N–H and O–H groups in total. The number of rotatable bonds is 2. The minimum absolute atomic E-state index is 0.0247. The quantitative estimate of drug-likeness (QED) is 0.830. The van der Waals surface area contributed by atoms with Crippen molar-refractivity contribution in [3.05, 3.63) is 63.9 Å². The topological polar surface area (TPSA) is 29.5 Å². The van der Waals surface area contributed by atoms with Crippen molar-refractivity contribution in [3.8, 4) is 5.75 Å².